The Bertz CT molecular complexity index is 711. The van der Waals surface area contributed by atoms with Crippen LogP contribution in [0.2, 0.25) is 0 Å². The SMILES string of the molecule is CCCCCCCCC(=O)O[C@@H](COC(=O)CCCCCCCCCCCCCCNC(C)=O)COP(=O)([O-])[O-].[Na+].[Na+]. The van der Waals surface area contributed by atoms with Crippen LogP contribution in [0.25, 0.3) is 0 Å². The Kier molecular flexibility index (Phi) is 36.8. The van der Waals surface area contributed by atoms with E-state index in [0.717, 1.165) is 70.8 Å². The Balaban J connectivity index is -0.00000760. The van der Waals surface area contributed by atoms with E-state index in [9.17, 15) is 28.7 Å². The first-order valence-corrected chi connectivity index (χ1v) is 16.9. The summed E-state index contributed by atoms with van der Waals surface area (Å²) in [6.07, 6.45) is 18.5. The maximum absolute atomic E-state index is 12.1. The number of ether oxygens (including phenoxy) is 2. The van der Waals surface area contributed by atoms with Crippen LogP contribution in [0.1, 0.15) is 142 Å². The second-order valence-electron chi connectivity index (χ2n) is 10.5. The molecule has 0 aliphatic carbocycles. The molecule has 236 valence electrons. The molecule has 0 bridgehead atoms. The molecule has 1 atom stereocenters. The molecule has 10 nitrogen and oxygen atoms in total. The Labute approximate surface area is 298 Å². The first-order chi connectivity index (χ1) is 19.1. The molecule has 0 aliphatic rings. The van der Waals surface area contributed by atoms with Gasteiger partial charge in [-0.2, -0.15) is 0 Å². The van der Waals surface area contributed by atoms with Gasteiger partial charge in [0.25, 0.3) is 0 Å². The number of carbonyl (C=O) groups is 3. The Morgan fingerprint density at radius 3 is 1.55 bits per heavy atom. The standard InChI is InChI=1S/C29H56NO9P.2Na/c1-3-4-5-6-15-19-22-29(33)39-27(25-38-40(34,35)36)24-37-28(32)21-18-16-13-11-9-7-8-10-12-14-17-20-23-30-26(2)31;;/h27H,3-25H2,1-2H3,(H,30,31)(H2,34,35,36);;/q;2*+1/p-2/t27-;;/m0../s1. The summed E-state index contributed by atoms with van der Waals surface area (Å²) in [6, 6.07) is 0. The number of unbranched alkanes of at least 4 members (excludes halogenated alkanes) is 16. The van der Waals surface area contributed by atoms with Crippen LogP contribution in [0, 0.1) is 0 Å². The molecule has 0 rings (SSSR count). The number of hydrogen-bond donors (Lipinski definition) is 1. The summed E-state index contributed by atoms with van der Waals surface area (Å²) in [5, 5.41) is 2.82. The van der Waals surface area contributed by atoms with Crippen LogP contribution in [0.5, 0.6) is 0 Å². The third-order valence-electron chi connectivity index (χ3n) is 6.56. The van der Waals surface area contributed by atoms with Gasteiger partial charge in [-0.15, -0.1) is 0 Å². The number of rotatable bonds is 28. The van der Waals surface area contributed by atoms with Crippen molar-refractivity contribution in [1.29, 1.82) is 0 Å². The molecule has 0 radical (unpaired) electrons. The van der Waals surface area contributed by atoms with E-state index < -0.39 is 32.5 Å². The van der Waals surface area contributed by atoms with Gasteiger partial charge in [-0.3, -0.25) is 14.4 Å². The fourth-order valence-electron chi connectivity index (χ4n) is 4.27. The smallest absolute Gasteiger partial charge is 0.790 e. The van der Waals surface area contributed by atoms with Gasteiger partial charge in [0.15, 0.2) is 6.10 Å². The molecule has 0 heterocycles. The third kappa shape index (κ3) is 36.7. The molecule has 0 aromatic carbocycles. The zero-order chi connectivity index (χ0) is 29.9. The van der Waals surface area contributed by atoms with Gasteiger partial charge in [-0.25, -0.2) is 0 Å². The number of hydrogen-bond acceptors (Lipinski definition) is 9. The van der Waals surface area contributed by atoms with Gasteiger partial charge >= 0.3 is 71.1 Å². The predicted molar refractivity (Wildman–Crippen MR) is 151 cm³/mol. The molecule has 13 heteroatoms. The van der Waals surface area contributed by atoms with Crippen LogP contribution < -0.4 is 74.2 Å². The van der Waals surface area contributed by atoms with E-state index in [1.165, 1.54) is 38.5 Å². The van der Waals surface area contributed by atoms with Crippen molar-refractivity contribution < 1.29 is 102 Å². The van der Waals surface area contributed by atoms with E-state index in [-0.39, 0.29) is 84.5 Å². The first-order valence-electron chi connectivity index (χ1n) is 15.4. The van der Waals surface area contributed by atoms with Crippen LogP contribution in [0.4, 0.5) is 0 Å². The molecule has 1 amide bonds. The van der Waals surface area contributed by atoms with E-state index in [1.54, 1.807) is 6.92 Å². The van der Waals surface area contributed by atoms with Crippen LogP contribution >= 0.6 is 7.82 Å². The maximum atomic E-state index is 12.1. The number of carbonyl (C=O) groups excluding carboxylic acids is 3. The second-order valence-corrected chi connectivity index (χ2v) is 11.7. The number of amides is 1. The van der Waals surface area contributed by atoms with Gasteiger partial charge in [0.2, 0.25) is 5.91 Å². The van der Waals surface area contributed by atoms with Gasteiger partial charge in [0, 0.05) is 26.3 Å². The number of esters is 2. The van der Waals surface area contributed by atoms with Crippen LogP contribution in [0.15, 0.2) is 0 Å². The molecule has 42 heavy (non-hydrogen) atoms. The molecule has 0 saturated heterocycles. The zero-order valence-corrected chi connectivity index (χ0v) is 31.9. The van der Waals surface area contributed by atoms with Gasteiger partial charge in [-0.05, 0) is 19.3 Å². The minimum Gasteiger partial charge on any atom is -0.790 e. The summed E-state index contributed by atoms with van der Waals surface area (Å²) in [6.45, 7) is 3.42. The number of phosphoric acid groups is 1. The molecule has 0 aromatic rings. The molecule has 0 aromatic heterocycles. The summed E-state index contributed by atoms with van der Waals surface area (Å²) in [5.74, 6) is -0.959. The van der Waals surface area contributed by atoms with Crippen molar-refractivity contribution >= 4 is 25.7 Å². The van der Waals surface area contributed by atoms with Crippen LogP contribution in [0.3, 0.4) is 0 Å². The molecule has 0 spiro atoms. The predicted octanol–water partition coefficient (Wildman–Crippen LogP) is -0.747. The summed E-state index contributed by atoms with van der Waals surface area (Å²) in [4.78, 5) is 56.6. The van der Waals surface area contributed by atoms with Crippen molar-refractivity contribution in [3.63, 3.8) is 0 Å². The Hall–Kier alpha value is 0.520. The van der Waals surface area contributed by atoms with Crippen molar-refractivity contribution in [3.8, 4) is 0 Å². The van der Waals surface area contributed by atoms with Crippen molar-refractivity contribution in [2.45, 2.75) is 148 Å². The van der Waals surface area contributed by atoms with Crippen LogP contribution in [-0.4, -0.2) is 43.7 Å². The molecule has 0 saturated carbocycles. The second kappa shape index (κ2) is 32.9. The van der Waals surface area contributed by atoms with Crippen molar-refractivity contribution in [2.24, 2.45) is 0 Å². The Morgan fingerprint density at radius 1 is 0.667 bits per heavy atom. The monoisotopic (exact) mass is 637 g/mol. The summed E-state index contributed by atoms with van der Waals surface area (Å²) in [5.41, 5.74) is 0. The number of nitrogens with one attached hydrogen (secondary N) is 1. The van der Waals surface area contributed by atoms with E-state index in [1.807, 2.05) is 0 Å². The molecular formula is C29H54NNa2O9P. The summed E-state index contributed by atoms with van der Waals surface area (Å²) in [7, 11) is -5.24. The molecule has 0 aliphatic heterocycles. The quantitative estimate of drug-likeness (QED) is 0.0505. The average molecular weight is 638 g/mol. The topological polar surface area (TPSA) is 154 Å². The minimum atomic E-state index is -5.24. The summed E-state index contributed by atoms with van der Waals surface area (Å²) < 4.78 is 25.4. The van der Waals surface area contributed by atoms with Crippen LogP contribution in [-0.2, 0) is 32.9 Å². The molecule has 0 unspecified atom stereocenters. The van der Waals surface area contributed by atoms with Crippen molar-refractivity contribution in [1.82, 2.24) is 5.32 Å². The minimum absolute atomic E-state index is 0. The zero-order valence-electron chi connectivity index (χ0n) is 27.0. The maximum Gasteiger partial charge on any atom is 1.00 e. The first kappa shape index (κ1) is 46.9. The van der Waals surface area contributed by atoms with Gasteiger partial charge in [0.05, 0.1) is 14.4 Å². The molecular weight excluding hydrogens is 583 g/mol. The fourth-order valence-corrected chi connectivity index (χ4v) is 4.62. The van der Waals surface area contributed by atoms with Crippen molar-refractivity contribution in [2.75, 3.05) is 19.8 Å². The van der Waals surface area contributed by atoms with E-state index >= 15 is 0 Å². The number of phosphoric ester groups is 1. The third-order valence-corrected chi connectivity index (χ3v) is 7.03. The fraction of sp³-hybridized carbons (Fsp3) is 0.897. The normalized spacial score (nSPS) is 11.6. The van der Waals surface area contributed by atoms with E-state index in [0.29, 0.717) is 12.8 Å². The van der Waals surface area contributed by atoms with Gasteiger partial charge in [0.1, 0.15) is 6.61 Å². The largest absolute Gasteiger partial charge is 1.00 e. The van der Waals surface area contributed by atoms with Gasteiger partial charge in [-0.1, -0.05) is 103 Å². The van der Waals surface area contributed by atoms with Gasteiger partial charge < -0.3 is 33.7 Å². The van der Waals surface area contributed by atoms with Crippen molar-refractivity contribution in [3.05, 3.63) is 0 Å². The average Bonchev–Trinajstić information content (AvgIpc) is 2.89. The van der Waals surface area contributed by atoms with E-state index in [2.05, 4.69) is 16.8 Å². The Morgan fingerprint density at radius 2 is 1.10 bits per heavy atom. The molecule has 1 N–H and O–H groups in total. The van der Waals surface area contributed by atoms with E-state index in [4.69, 9.17) is 9.47 Å². The molecule has 0 fully saturated rings. The summed E-state index contributed by atoms with van der Waals surface area (Å²) >= 11 is 0.